The van der Waals surface area contributed by atoms with Crippen LogP contribution >= 0.6 is 0 Å². The van der Waals surface area contributed by atoms with E-state index in [-0.39, 0.29) is 29.4 Å². The molecule has 0 saturated carbocycles. The molecule has 2 aliphatic rings. The van der Waals surface area contributed by atoms with Crippen molar-refractivity contribution in [2.45, 2.75) is 24.7 Å². The first-order valence-electron chi connectivity index (χ1n) is 7.99. The zero-order chi connectivity index (χ0) is 17.6. The number of hydrogen-bond acceptors (Lipinski definition) is 2. The summed E-state index contributed by atoms with van der Waals surface area (Å²) in [6.07, 6.45) is 0.166. The van der Waals surface area contributed by atoms with E-state index in [9.17, 15) is 17.6 Å². The highest BCUT2D eigenvalue weighted by Gasteiger charge is 2.39. The zero-order valence-corrected chi connectivity index (χ0v) is 13.1. The Bertz CT molecular complexity index is 813. The second-order valence-corrected chi connectivity index (χ2v) is 6.32. The van der Waals surface area contributed by atoms with E-state index in [4.69, 9.17) is 0 Å². The van der Waals surface area contributed by atoms with Gasteiger partial charge in [-0.05, 0) is 53.8 Å². The first kappa shape index (κ1) is 16.0. The van der Waals surface area contributed by atoms with Crippen molar-refractivity contribution in [3.63, 3.8) is 0 Å². The number of hydrogen-bond donors (Lipinski definition) is 1. The fraction of sp³-hybridized carbons (Fsp3) is 0.263. The normalized spacial score (nSPS) is 24.4. The molecule has 1 aliphatic heterocycles. The van der Waals surface area contributed by atoms with Gasteiger partial charge in [-0.15, -0.1) is 13.2 Å². The lowest BCUT2D eigenvalue weighted by Crippen LogP contribution is -2.29. The Morgan fingerprint density at radius 3 is 2.52 bits per heavy atom. The summed E-state index contributed by atoms with van der Waals surface area (Å²) in [5.41, 5.74) is 2.52. The van der Waals surface area contributed by atoms with Gasteiger partial charge < -0.3 is 10.1 Å². The molecule has 0 saturated heterocycles. The van der Waals surface area contributed by atoms with Crippen LogP contribution in [0.1, 0.15) is 29.5 Å². The maximum absolute atomic E-state index is 13.2. The second-order valence-electron chi connectivity index (χ2n) is 6.32. The molecule has 1 aliphatic carbocycles. The monoisotopic (exact) mass is 349 g/mol. The Labute approximate surface area is 142 Å². The second kappa shape index (κ2) is 5.79. The van der Waals surface area contributed by atoms with Crippen molar-refractivity contribution in [2.24, 2.45) is 5.92 Å². The minimum absolute atomic E-state index is 0.00286. The number of benzene rings is 2. The van der Waals surface area contributed by atoms with Gasteiger partial charge in [-0.3, -0.25) is 0 Å². The molecule has 1 N–H and O–H groups in total. The van der Waals surface area contributed by atoms with Crippen LogP contribution in [-0.2, 0) is 0 Å². The van der Waals surface area contributed by atoms with Gasteiger partial charge in [-0.2, -0.15) is 0 Å². The molecule has 3 atom stereocenters. The molecule has 0 amide bonds. The summed E-state index contributed by atoms with van der Waals surface area (Å²) in [4.78, 5) is 0. The van der Waals surface area contributed by atoms with E-state index in [0.29, 0.717) is 0 Å². The Kier molecular flexibility index (Phi) is 3.71. The molecule has 4 rings (SSSR count). The third kappa shape index (κ3) is 3.08. The SMILES string of the molecule is Fc1ccc([C@H]2Nc3ccc(OC(F)(F)F)cc3[C@@H]3C=CC[C@@H]23)cc1. The third-order valence-corrected chi connectivity index (χ3v) is 4.80. The summed E-state index contributed by atoms with van der Waals surface area (Å²) in [5.74, 6) is -0.343. The van der Waals surface area contributed by atoms with Gasteiger partial charge in [0.25, 0.3) is 0 Å². The summed E-state index contributed by atoms with van der Waals surface area (Å²) >= 11 is 0. The molecule has 130 valence electrons. The number of allylic oxidation sites excluding steroid dienone is 2. The van der Waals surface area contributed by atoms with Crippen LogP contribution < -0.4 is 10.1 Å². The van der Waals surface area contributed by atoms with Gasteiger partial charge in [0.15, 0.2) is 0 Å². The van der Waals surface area contributed by atoms with E-state index < -0.39 is 6.36 Å². The van der Waals surface area contributed by atoms with Crippen molar-refractivity contribution in [2.75, 3.05) is 5.32 Å². The van der Waals surface area contributed by atoms with Crippen molar-refractivity contribution in [1.82, 2.24) is 0 Å². The van der Waals surface area contributed by atoms with E-state index in [1.165, 1.54) is 24.3 Å². The summed E-state index contributed by atoms with van der Waals surface area (Å²) in [6.45, 7) is 0. The largest absolute Gasteiger partial charge is 0.573 e. The molecule has 0 spiro atoms. The minimum Gasteiger partial charge on any atom is -0.406 e. The summed E-state index contributed by atoms with van der Waals surface area (Å²) in [6, 6.07) is 10.7. The van der Waals surface area contributed by atoms with E-state index in [2.05, 4.69) is 10.1 Å². The highest BCUT2D eigenvalue weighted by molar-refractivity contribution is 5.61. The number of fused-ring (bicyclic) bond motifs is 3. The molecular weight excluding hydrogens is 334 g/mol. The number of anilines is 1. The zero-order valence-electron chi connectivity index (χ0n) is 13.1. The Morgan fingerprint density at radius 1 is 1.04 bits per heavy atom. The predicted molar refractivity (Wildman–Crippen MR) is 85.9 cm³/mol. The lowest BCUT2D eigenvalue weighted by Gasteiger charge is -2.37. The van der Waals surface area contributed by atoms with Gasteiger partial charge in [0.1, 0.15) is 11.6 Å². The Morgan fingerprint density at radius 2 is 1.80 bits per heavy atom. The van der Waals surface area contributed by atoms with Crippen LogP contribution in [0.5, 0.6) is 5.75 Å². The summed E-state index contributed by atoms with van der Waals surface area (Å²) in [5, 5.41) is 3.39. The molecular formula is C19H15F4NO. The van der Waals surface area contributed by atoms with Gasteiger partial charge in [-0.25, -0.2) is 4.39 Å². The molecule has 0 aromatic heterocycles. The lowest BCUT2D eigenvalue weighted by molar-refractivity contribution is -0.274. The predicted octanol–water partition coefficient (Wildman–Crippen LogP) is 5.55. The molecule has 0 bridgehead atoms. The van der Waals surface area contributed by atoms with Crippen LogP contribution in [0, 0.1) is 11.7 Å². The maximum Gasteiger partial charge on any atom is 0.573 e. The van der Waals surface area contributed by atoms with Gasteiger partial charge >= 0.3 is 6.36 Å². The quantitative estimate of drug-likeness (QED) is 0.567. The van der Waals surface area contributed by atoms with Crippen LogP contribution in [0.25, 0.3) is 0 Å². The van der Waals surface area contributed by atoms with Crippen molar-refractivity contribution < 1.29 is 22.3 Å². The number of alkyl halides is 3. The van der Waals surface area contributed by atoms with Crippen molar-refractivity contribution in [3.8, 4) is 5.75 Å². The van der Waals surface area contributed by atoms with Gasteiger partial charge in [-0.1, -0.05) is 24.3 Å². The van der Waals surface area contributed by atoms with Crippen LogP contribution in [-0.4, -0.2) is 6.36 Å². The highest BCUT2D eigenvalue weighted by atomic mass is 19.4. The van der Waals surface area contributed by atoms with Crippen molar-refractivity contribution in [1.29, 1.82) is 0 Å². The lowest BCUT2D eigenvalue weighted by atomic mass is 9.77. The number of nitrogens with one attached hydrogen (secondary N) is 1. The molecule has 2 nitrogen and oxygen atoms in total. The fourth-order valence-corrected chi connectivity index (χ4v) is 3.77. The minimum atomic E-state index is -4.71. The maximum atomic E-state index is 13.2. The molecule has 0 fully saturated rings. The summed E-state index contributed by atoms with van der Waals surface area (Å²) in [7, 11) is 0. The summed E-state index contributed by atoms with van der Waals surface area (Å²) < 4.78 is 54.7. The van der Waals surface area contributed by atoms with Crippen molar-refractivity contribution >= 4 is 5.69 Å². The van der Waals surface area contributed by atoms with E-state index in [0.717, 1.165) is 23.2 Å². The molecule has 25 heavy (non-hydrogen) atoms. The first-order chi connectivity index (χ1) is 11.9. The average Bonchev–Trinajstić information content (AvgIpc) is 3.03. The van der Waals surface area contributed by atoms with Crippen LogP contribution in [0.3, 0.4) is 0 Å². The molecule has 6 heteroatoms. The van der Waals surface area contributed by atoms with E-state index >= 15 is 0 Å². The van der Waals surface area contributed by atoms with Gasteiger partial charge in [0.2, 0.25) is 0 Å². The van der Waals surface area contributed by atoms with Crippen LogP contribution in [0.15, 0.2) is 54.6 Å². The Hall–Kier alpha value is -2.50. The topological polar surface area (TPSA) is 21.3 Å². The van der Waals surface area contributed by atoms with Gasteiger partial charge in [0, 0.05) is 11.6 Å². The van der Waals surface area contributed by atoms with Crippen molar-refractivity contribution in [3.05, 3.63) is 71.6 Å². The number of rotatable bonds is 2. The number of halogens is 4. The smallest absolute Gasteiger partial charge is 0.406 e. The molecule has 0 radical (unpaired) electrons. The van der Waals surface area contributed by atoms with E-state index in [1.807, 2.05) is 12.2 Å². The van der Waals surface area contributed by atoms with Gasteiger partial charge in [0.05, 0.1) is 6.04 Å². The standard InChI is InChI=1S/C19H15F4NO/c20-12-6-4-11(5-7-12)18-15-3-1-2-14(15)16-10-13(25-19(21,22)23)8-9-17(16)24-18/h1-2,4-10,14-15,18,24H,3H2/t14-,15-,18-/m1/s1. The molecule has 2 aromatic rings. The van der Waals surface area contributed by atoms with E-state index in [1.54, 1.807) is 18.2 Å². The molecule has 0 unspecified atom stereocenters. The Balaban J connectivity index is 1.70. The first-order valence-corrected chi connectivity index (χ1v) is 7.99. The molecule has 2 aromatic carbocycles. The number of ether oxygens (including phenoxy) is 1. The fourth-order valence-electron chi connectivity index (χ4n) is 3.77. The molecule has 1 heterocycles. The average molecular weight is 349 g/mol. The third-order valence-electron chi connectivity index (χ3n) is 4.80. The van der Waals surface area contributed by atoms with Crippen LogP contribution in [0.4, 0.5) is 23.2 Å². The highest BCUT2D eigenvalue weighted by Crippen LogP contribution is 2.50. The van der Waals surface area contributed by atoms with Crippen LogP contribution in [0.2, 0.25) is 0 Å².